The molecule has 30 heavy (non-hydrogen) atoms. The van der Waals surface area contributed by atoms with Gasteiger partial charge in [0, 0.05) is 17.4 Å². The predicted octanol–water partition coefficient (Wildman–Crippen LogP) is 5.62. The fourth-order valence-corrected chi connectivity index (χ4v) is 5.45. The highest BCUT2D eigenvalue weighted by atomic mass is 31.1. The van der Waals surface area contributed by atoms with Gasteiger partial charge in [0.15, 0.2) is 0 Å². The first-order chi connectivity index (χ1) is 14.7. The Hall–Kier alpha value is -2.54. The van der Waals surface area contributed by atoms with E-state index in [9.17, 15) is 0 Å². The number of aliphatic imine (C=N–C) groups is 1. The molecular formula is C24H21N3OP2. The Kier molecular flexibility index (Phi) is 4.26. The number of H-pyrrole nitrogens is 1. The Morgan fingerprint density at radius 3 is 2.77 bits per heavy atom. The number of ether oxygens (including phenoxy) is 1. The summed E-state index contributed by atoms with van der Waals surface area (Å²) in [7, 11) is 1.43. The van der Waals surface area contributed by atoms with Gasteiger partial charge in [-0.3, -0.25) is 4.99 Å². The lowest BCUT2D eigenvalue weighted by atomic mass is 9.91. The van der Waals surface area contributed by atoms with Crippen LogP contribution in [-0.4, -0.2) is 28.8 Å². The lowest BCUT2D eigenvalue weighted by Gasteiger charge is -2.22. The van der Waals surface area contributed by atoms with Crippen molar-refractivity contribution < 1.29 is 4.74 Å². The molecule has 2 aliphatic heterocycles. The highest BCUT2D eigenvalue weighted by Crippen LogP contribution is 2.44. The number of fused-ring (bicyclic) bond motifs is 6. The number of aromatic nitrogens is 2. The zero-order chi connectivity index (χ0) is 20.2. The van der Waals surface area contributed by atoms with Crippen molar-refractivity contribution >= 4 is 44.6 Å². The lowest BCUT2D eigenvalue weighted by Crippen LogP contribution is -2.06. The highest BCUT2D eigenvalue weighted by molar-refractivity contribution is 7.57. The zero-order valence-corrected chi connectivity index (χ0v) is 18.8. The maximum atomic E-state index is 6.23. The Morgan fingerprint density at radius 2 is 1.93 bits per heavy atom. The molecule has 0 spiro atoms. The molecule has 2 aliphatic rings. The minimum atomic E-state index is 0.589. The summed E-state index contributed by atoms with van der Waals surface area (Å²) in [5, 5.41) is 2.53. The number of rotatable bonds is 3. The number of benzene rings is 3. The van der Waals surface area contributed by atoms with Gasteiger partial charge >= 0.3 is 0 Å². The Labute approximate surface area is 178 Å². The topological polar surface area (TPSA) is 50.3 Å². The molecule has 4 nitrogen and oxygen atoms in total. The minimum Gasteiger partial charge on any atom is -0.488 e. The molecule has 1 N–H and O–H groups in total. The van der Waals surface area contributed by atoms with E-state index in [4.69, 9.17) is 9.73 Å². The fraction of sp³-hybridized carbons (Fsp3) is 0.167. The van der Waals surface area contributed by atoms with Crippen molar-refractivity contribution in [1.29, 1.82) is 0 Å². The largest absolute Gasteiger partial charge is 0.488 e. The third kappa shape index (κ3) is 2.82. The van der Waals surface area contributed by atoms with E-state index in [1.165, 1.54) is 38.5 Å². The number of imidazole rings is 1. The normalized spacial score (nSPS) is 14.9. The molecule has 0 aliphatic carbocycles. The summed E-state index contributed by atoms with van der Waals surface area (Å²) in [6, 6.07) is 15.5. The molecule has 6 rings (SSSR count). The molecule has 0 fully saturated rings. The molecule has 0 radical (unpaired) electrons. The van der Waals surface area contributed by atoms with Crippen molar-refractivity contribution in [2.24, 2.45) is 4.99 Å². The summed E-state index contributed by atoms with van der Waals surface area (Å²) >= 11 is 0. The van der Waals surface area contributed by atoms with E-state index in [-0.39, 0.29) is 0 Å². The van der Waals surface area contributed by atoms with Crippen LogP contribution in [0.5, 0.6) is 5.75 Å². The number of hydrogen-bond acceptors (Lipinski definition) is 3. The zero-order valence-electron chi connectivity index (χ0n) is 16.8. The van der Waals surface area contributed by atoms with Crippen molar-refractivity contribution in [1.82, 2.24) is 9.97 Å². The first kappa shape index (κ1) is 18.2. The van der Waals surface area contributed by atoms with Crippen LogP contribution in [0.2, 0.25) is 0 Å². The van der Waals surface area contributed by atoms with Crippen LogP contribution in [0.25, 0.3) is 33.2 Å². The van der Waals surface area contributed by atoms with Gasteiger partial charge in [0.2, 0.25) is 0 Å². The first-order valence-corrected chi connectivity index (χ1v) is 13.1. The van der Waals surface area contributed by atoms with Crippen LogP contribution in [0.3, 0.4) is 0 Å². The van der Waals surface area contributed by atoms with Crippen LogP contribution >= 0.6 is 17.2 Å². The third-order valence-electron chi connectivity index (χ3n) is 6.00. The van der Waals surface area contributed by atoms with Gasteiger partial charge in [0.1, 0.15) is 17.9 Å². The second-order valence-electron chi connectivity index (χ2n) is 7.67. The summed E-state index contributed by atoms with van der Waals surface area (Å²) in [4.78, 5) is 12.7. The van der Waals surface area contributed by atoms with Gasteiger partial charge in [-0.1, -0.05) is 35.4 Å². The van der Waals surface area contributed by atoms with E-state index >= 15 is 0 Å². The van der Waals surface area contributed by atoms with E-state index in [1.54, 1.807) is 0 Å². The standard InChI is InChI=1S/C24H21N3OP2/c1-29-23-10-18-17-9-22-19(8-13(17)4-6-20(18)26-23)16-5-3-14(7-15(16)12-28-22)21-11-25-24(27-21)30-2/h3-9,11,29-30H,10,12H2,1-2H3,(H,25,27). The number of hydrogen-bond donors (Lipinski definition) is 1. The van der Waals surface area contributed by atoms with E-state index in [0.29, 0.717) is 15.2 Å². The molecule has 1 aromatic heterocycles. The van der Waals surface area contributed by atoms with Gasteiger partial charge in [0.05, 0.1) is 17.6 Å². The number of aromatic amines is 1. The van der Waals surface area contributed by atoms with Gasteiger partial charge in [-0.25, -0.2) is 4.98 Å². The molecule has 148 valence electrons. The van der Waals surface area contributed by atoms with Crippen LogP contribution in [0, 0.1) is 0 Å². The monoisotopic (exact) mass is 429 g/mol. The van der Waals surface area contributed by atoms with Crippen LogP contribution in [0.4, 0.5) is 5.69 Å². The molecule has 0 bridgehead atoms. The van der Waals surface area contributed by atoms with Gasteiger partial charge in [-0.2, -0.15) is 0 Å². The van der Waals surface area contributed by atoms with Crippen molar-refractivity contribution in [2.45, 2.75) is 13.0 Å². The second-order valence-corrected chi connectivity index (χ2v) is 9.72. The third-order valence-corrected chi connectivity index (χ3v) is 7.59. The summed E-state index contributed by atoms with van der Waals surface area (Å²) in [6.07, 6.45) is 2.89. The van der Waals surface area contributed by atoms with Gasteiger partial charge in [-0.05, 0) is 70.6 Å². The molecular weight excluding hydrogens is 408 g/mol. The Morgan fingerprint density at radius 1 is 1.00 bits per heavy atom. The predicted molar refractivity (Wildman–Crippen MR) is 130 cm³/mol. The van der Waals surface area contributed by atoms with E-state index in [1.807, 2.05) is 6.20 Å². The molecule has 4 aromatic rings. The van der Waals surface area contributed by atoms with Gasteiger partial charge in [0.25, 0.3) is 0 Å². The lowest BCUT2D eigenvalue weighted by molar-refractivity contribution is 0.303. The quantitative estimate of drug-likeness (QED) is 0.430. The summed E-state index contributed by atoms with van der Waals surface area (Å²) in [5.41, 5.74) is 10.7. The van der Waals surface area contributed by atoms with E-state index < -0.39 is 0 Å². The molecule has 3 heterocycles. The Bertz CT molecular complexity index is 1360. The minimum absolute atomic E-state index is 0.589. The molecule has 3 aromatic carbocycles. The SMILES string of the molecule is CPC1=Nc2ccc3cc4c(cc3c2C1)OCc1cc(-c2cnc(PC)[nH]2)ccc1-4. The van der Waals surface area contributed by atoms with E-state index in [0.717, 1.165) is 43.3 Å². The van der Waals surface area contributed by atoms with Crippen LogP contribution in [0.15, 0.2) is 53.7 Å². The average molecular weight is 429 g/mol. The molecule has 2 atom stereocenters. The highest BCUT2D eigenvalue weighted by Gasteiger charge is 2.22. The maximum absolute atomic E-state index is 6.23. The molecule has 0 amide bonds. The fourth-order valence-electron chi connectivity index (χ4n) is 4.41. The Balaban J connectivity index is 1.44. The number of nitrogens with zero attached hydrogens (tertiary/aromatic N) is 2. The molecule has 0 saturated carbocycles. The molecule has 2 unspecified atom stereocenters. The number of nitrogens with one attached hydrogen (secondary N) is 1. The summed E-state index contributed by atoms with van der Waals surface area (Å²) in [6.45, 7) is 4.93. The van der Waals surface area contributed by atoms with Crippen molar-refractivity contribution in [3.63, 3.8) is 0 Å². The van der Waals surface area contributed by atoms with Gasteiger partial charge in [-0.15, -0.1) is 0 Å². The summed E-state index contributed by atoms with van der Waals surface area (Å²) < 4.78 is 6.23. The summed E-state index contributed by atoms with van der Waals surface area (Å²) in [5.74, 6) is 0.972. The molecule has 0 saturated heterocycles. The van der Waals surface area contributed by atoms with Gasteiger partial charge < -0.3 is 9.72 Å². The van der Waals surface area contributed by atoms with Crippen molar-refractivity contribution in [2.75, 3.05) is 13.3 Å². The average Bonchev–Trinajstić information content (AvgIpc) is 3.44. The first-order valence-electron chi connectivity index (χ1n) is 10.1. The second kappa shape index (κ2) is 7.01. The van der Waals surface area contributed by atoms with Crippen LogP contribution < -0.4 is 10.3 Å². The van der Waals surface area contributed by atoms with E-state index in [2.05, 4.69) is 65.8 Å². The smallest absolute Gasteiger partial charge is 0.128 e. The van der Waals surface area contributed by atoms with Crippen molar-refractivity contribution in [3.05, 3.63) is 59.8 Å². The van der Waals surface area contributed by atoms with Crippen LogP contribution in [0.1, 0.15) is 11.1 Å². The molecule has 6 heteroatoms. The van der Waals surface area contributed by atoms with Crippen LogP contribution in [-0.2, 0) is 13.0 Å². The van der Waals surface area contributed by atoms with Crippen molar-refractivity contribution in [3.8, 4) is 28.1 Å². The maximum Gasteiger partial charge on any atom is 0.128 e.